The number of thiophene rings is 1. The summed E-state index contributed by atoms with van der Waals surface area (Å²) < 4.78 is 11.0. The Morgan fingerprint density at radius 3 is 2.80 bits per heavy atom. The summed E-state index contributed by atoms with van der Waals surface area (Å²) in [5, 5.41) is 2.67. The first-order valence-electron chi connectivity index (χ1n) is 7.83. The van der Waals surface area contributed by atoms with Crippen molar-refractivity contribution < 1.29 is 13.9 Å². The Kier molecular flexibility index (Phi) is 5.79. The molecule has 0 spiro atoms. The van der Waals surface area contributed by atoms with Gasteiger partial charge in [0.1, 0.15) is 11.5 Å². The molecular formula is C19H18ClNO3S. The van der Waals surface area contributed by atoms with Crippen molar-refractivity contribution in [3.05, 3.63) is 75.3 Å². The first-order chi connectivity index (χ1) is 12.1. The van der Waals surface area contributed by atoms with E-state index in [2.05, 4.69) is 0 Å². The molecule has 4 nitrogen and oxygen atoms in total. The van der Waals surface area contributed by atoms with E-state index in [4.69, 9.17) is 20.8 Å². The van der Waals surface area contributed by atoms with Crippen LogP contribution in [0.2, 0.25) is 5.02 Å². The Hall–Kier alpha value is -2.24. The Labute approximate surface area is 155 Å². The highest BCUT2D eigenvalue weighted by molar-refractivity contribution is 7.09. The maximum absolute atomic E-state index is 12.7. The van der Waals surface area contributed by atoms with Crippen LogP contribution in [0.15, 0.2) is 58.5 Å². The molecule has 0 N–H and O–H groups in total. The Balaban J connectivity index is 1.66. The summed E-state index contributed by atoms with van der Waals surface area (Å²) in [4.78, 5) is 15.5. The fourth-order valence-electron chi connectivity index (χ4n) is 2.36. The molecule has 2 heterocycles. The summed E-state index contributed by atoms with van der Waals surface area (Å²) >= 11 is 7.63. The van der Waals surface area contributed by atoms with E-state index in [0.29, 0.717) is 23.9 Å². The number of rotatable bonds is 7. The second-order valence-electron chi connectivity index (χ2n) is 5.61. The van der Waals surface area contributed by atoms with Crippen LogP contribution in [0.3, 0.4) is 0 Å². The molecule has 1 aromatic carbocycles. The normalized spacial score (nSPS) is 10.6. The molecule has 0 aliphatic heterocycles. The number of nitrogens with zero attached hydrogens (tertiary/aromatic N) is 1. The van der Waals surface area contributed by atoms with Crippen LogP contribution < -0.4 is 4.74 Å². The number of benzene rings is 1. The lowest BCUT2D eigenvalue weighted by atomic mass is 10.2. The molecule has 0 bridgehead atoms. The average Bonchev–Trinajstić information content (AvgIpc) is 3.29. The number of hydrogen-bond acceptors (Lipinski definition) is 4. The van der Waals surface area contributed by atoms with Crippen molar-refractivity contribution in [3.63, 3.8) is 0 Å². The van der Waals surface area contributed by atoms with Crippen molar-refractivity contribution in [2.45, 2.75) is 20.0 Å². The lowest BCUT2D eigenvalue weighted by Crippen LogP contribution is -2.33. The van der Waals surface area contributed by atoms with E-state index >= 15 is 0 Å². The lowest BCUT2D eigenvalue weighted by molar-refractivity contribution is -0.134. The minimum absolute atomic E-state index is 0.0346. The molecule has 130 valence electrons. The molecule has 2 aromatic heterocycles. The highest BCUT2D eigenvalue weighted by Gasteiger charge is 2.17. The third-order valence-electron chi connectivity index (χ3n) is 3.70. The maximum Gasteiger partial charge on any atom is 0.261 e. The molecule has 3 rings (SSSR count). The quantitative estimate of drug-likeness (QED) is 0.589. The topological polar surface area (TPSA) is 42.7 Å². The Morgan fingerprint density at radius 1 is 1.24 bits per heavy atom. The lowest BCUT2D eigenvalue weighted by Gasteiger charge is -2.21. The zero-order valence-electron chi connectivity index (χ0n) is 13.8. The van der Waals surface area contributed by atoms with Gasteiger partial charge in [0.05, 0.1) is 19.4 Å². The van der Waals surface area contributed by atoms with Crippen LogP contribution in [-0.4, -0.2) is 17.4 Å². The van der Waals surface area contributed by atoms with E-state index in [1.54, 1.807) is 34.6 Å². The molecule has 3 aromatic rings. The molecule has 0 saturated heterocycles. The van der Waals surface area contributed by atoms with Crippen molar-refractivity contribution in [3.8, 4) is 5.75 Å². The van der Waals surface area contributed by atoms with Gasteiger partial charge in [0.25, 0.3) is 5.91 Å². The fraction of sp³-hybridized carbons (Fsp3) is 0.211. The van der Waals surface area contributed by atoms with Crippen molar-refractivity contribution in [1.29, 1.82) is 0 Å². The van der Waals surface area contributed by atoms with Gasteiger partial charge in [0.15, 0.2) is 6.61 Å². The van der Waals surface area contributed by atoms with Crippen LogP contribution in [0.25, 0.3) is 0 Å². The molecule has 0 fully saturated rings. The molecular weight excluding hydrogens is 358 g/mol. The van der Waals surface area contributed by atoms with Gasteiger partial charge in [-0.3, -0.25) is 4.79 Å². The first-order valence-corrected chi connectivity index (χ1v) is 9.09. The number of ether oxygens (including phenoxy) is 1. The third kappa shape index (κ3) is 4.87. The average molecular weight is 376 g/mol. The largest absolute Gasteiger partial charge is 0.484 e. The molecule has 0 radical (unpaired) electrons. The van der Waals surface area contributed by atoms with Crippen LogP contribution in [0.1, 0.15) is 16.2 Å². The molecule has 0 aliphatic rings. The number of halogens is 1. The van der Waals surface area contributed by atoms with Crippen molar-refractivity contribution in [1.82, 2.24) is 4.90 Å². The van der Waals surface area contributed by atoms with Gasteiger partial charge in [-0.05, 0) is 54.3 Å². The second-order valence-corrected chi connectivity index (χ2v) is 7.05. The number of aryl methyl sites for hydroxylation is 1. The van der Waals surface area contributed by atoms with Crippen molar-refractivity contribution in [2.24, 2.45) is 0 Å². The number of amides is 1. The molecule has 0 aliphatic carbocycles. The Morgan fingerprint density at radius 2 is 2.12 bits per heavy atom. The first kappa shape index (κ1) is 17.6. The smallest absolute Gasteiger partial charge is 0.261 e. The van der Waals surface area contributed by atoms with Crippen LogP contribution in [0.4, 0.5) is 0 Å². The predicted octanol–water partition coefficient (Wildman–Crippen LogP) is 4.91. The minimum Gasteiger partial charge on any atom is -0.484 e. The van der Waals surface area contributed by atoms with Crippen LogP contribution >= 0.6 is 22.9 Å². The van der Waals surface area contributed by atoms with Crippen LogP contribution in [-0.2, 0) is 17.9 Å². The summed E-state index contributed by atoms with van der Waals surface area (Å²) in [6.45, 7) is 2.80. The van der Waals surface area contributed by atoms with Gasteiger partial charge < -0.3 is 14.1 Å². The van der Waals surface area contributed by atoms with Gasteiger partial charge >= 0.3 is 0 Å². The SMILES string of the molecule is Cc1cc(OCC(=O)N(Cc2ccco2)Cc2cccs2)ccc1Cl. The summed E-state index contributed by atoms with van der Waals surface area (Å²) in [6.07, 6.45) is 1.61. The van der Waals surface area contributed by atoms with E-state index in [9.17, 15) is 4.79 Å². The van der Waals surface area contributed by atoms with Crippen molar-refractivity contribution in [2.75, 3.05) is 6.61 Å². The molecule has 0 saturated carbocycles. The molecule has 1 amide bonds. The Bertz CT molecular complexity index is 779. The van der Waals surface area contributed by atoms with Gasteiger partial charge in [0, 0.05) is 9.90 Å². The summed E-state index contributed by atoms with van der Waals surface area (Å²) in [5.41, 5.74) is 0.914. The molecule has 25 heavy (non-hydrogen) atoms. The van der Waals surface area contributed by atoms with Gasteiger partial charge in [-0.2, -0.15) is 0 Å². The van der Waals surface area contributed by atoms with E-state index in [1.165, 1.54) is 0 Å². The van der Waals surface area contributed by atoms with Gasteiger partial charge in [-0.25, -0.2) is 0 Å². The van der Waals surface area contributed by atoms with E-state index < -0.39 is 0 Å². The third-order valence-corrected chi connectivity index (χ3v) is 4.98. The number of carbonyl (C=O) groups excluding carboxylic acids is 1. The van der Waals surface area contributed by atoms with Gasteiger partial charge in [-0.1, -0.05) is 17.7 Å². The molecule has 6 heteroatoms. The maximum atomic E-state index is 12.7. The number of furan rings is 1. The number of carbonyl (C=O) groups is 1. The summed E-state index contributed by atoms with van der Waals surface area (Å²) in [5.74, 6) is 1.27. The summed E-state index contributed by atoms with van der Waals surface area (Å²) in [6, 6.07) is 13.0. The van der Waals surface area contributed by atoms with Gasteiger partial charge in [0.2, 0.25) is 0 Å². The predicted molar refractivity (Wildman–Crippen MR) is 99.0 cm³/mol. The van der Waals surface area contributed by atoms with Crippen LogP contribution in [0.5, 0.6) is 5.75 Å². The molecule has 0 atom stereocenters. The standard InChI is InChI=1S/C19H18ClNO3S/c1-14-10-15(6-7-18(14)20)24-13-19(22)21(11-16-4-2-8-23-16)12-17-5-3-9-25-17/h2-10H,11-13H2,1H3. The van der Waals surface area contributed by atoms with Gasteiger partial charge in [-0.15, -0.1) is 11.3 Å². The van der Waals surface area contributed by atoms with Crippen LogP contribution in [0, 0.1) is 6.92 Å². The van der Waals surface area contributed by atoms with E-state index in [0.717, 1.165) is 16.2 Å². The zero-order chi connectivity index (χ0) is 17.6. The highest BCUT2D eigenvalue weighted by atomic mass is 35.5. The monoisotopic (exact) mass is 375 g/mol. The number of hydrogen-bond donors (Lipinski definition) is 0. The zero-order valence-corrected chi connectivity index (χ0v) is 15.3. The fourth-order valence-corrected chi connectivity index (χ4v) is 3.19. The molecule has 0 unspecified atom stereocenters. The second kappa shape index (κ2) is 8.23. The summed E-state index contributed by atoms with van der Waals surface area (Å²) in [7, 11) is 0. The van der Waals surface area contributed by atoms with E-state index in [-0.39, 0.29) is 12.5 Å². The van der Waals surface area contributed by atoms with Crippen molar-refractivity contribution >= 4 is 28.8 Å². The highest BCUT2D eigenvalue weighted by Crippen LogP contribution is 2.21. The van der Waals surface area contributed by atoms with E-state index in [1.807, 2.05) is 42.6 Å². The minimum atomic E-state index is -0.0996.